The number of benzene rings is 1. The highest BCUT2D eigenvalue weighted by molar-refractivity contribution is 5.95. The average molecular weight is 253 g/mol. The number of fused-ring (bicyclic) bond motifs is 1. The quantitative estimate of drug-likeness (QED) is 0.734. The zero-order chi connectivity index (χ0) is 13.4. The van der Waals surface area contributed by atoms with Crippen molar-refractivity contribution in [3.8, 4) is 11.4 Å². The first kappa shape index (κ1) is 11.3. The number of pyridine rings is 1. The standard InChI is InChI=1S/C14H11N3O2/c15-12-7-3-4-9-8-16-13(17(9)12)10-5-1-2-6-11(10)14(18)19/h1-8H,15H2,(H,18,19). The minimum Gasteiger partial charge on any atom is -0.478 e. The SMILES string of the molecule is Nc1cccc2cnc(-c3ccccc3C(=O)O)n12. The molecule has 94 valence electrons. The van der Waals surface area contributed by atoms with Gasteiger partial charge >= 0.3 is 5.97 Å². The summed E-state index contributed by atoms with van der Waals surface area (Å²) in [5, 5.41) is 9.24. The Bertz CT molecular complexity index is 777. The van der Waals surface area contributed by atoms with Gasteiger partial charge in [-0.25, -0.2) is 9.78 Å². The van der Waals surface area contributed by atoms with Crippen LogP contribution in [0, 0.1) is 0 Å². The van der Waals surface area contributed by atoms with Crippen LogP contribution in [0.3, 0.4) is 0 Å². The Kier molecular flexibility index (Phi) is 2.45. The molecule has 0 radical (unpaired) electrons. The van der Waals surface area contributed by atoms with Crippen LogP contribution in [0.15, 0.2) is 48.7 Å². The first-order valence-corrected chi connectivity index (χ1v) is 5.73. The maximum atomic E-state index is 11.3. The molecule has 2 heterocycles. The number of anilines is 1. The lowest BCUT2D eigenvalue weighted by Crippen LogP contribution is -2.03. The van der Waals surface area contributed by atoms with Crippen molar-refractivity contribution in [2.75, 3.05) is 5.73 Å². The highest BCUT2D eigenvalue weighted by Crippen LogP contribution is 2.25. The van der Waals surface area contributed by atoms with Gasteiger partial charge in [0, 0.05) is 5.56 Å². The number of imidazole rings is 1. The van der Waals surface area contributed by atoms with Crippen LogP contribution in [0.2, 0.25) is 0 Å². The molecule has 0 bridgehead atoms. The largest absolute Gasteiger partial charge is 0.478 e. The van der Waals surface area contributed by atoms with Crippen LogP contribution < -0.4 is 5.73 Å². The molecule has 3 rings (SSSR count). The molecule has 0 amide bonds. The first-order chi connectivity index (χ1) is 9.18. The predicted octanol–water partition coefficient (Wildman–Crippen LogP) is 2.28. The Morgan fingerprint density at radius 2 is 1.95 bits per heavy atom. The summed E-state index contributed by atoms with van der Waals surface area (Å²) in [7, 11) is 0. The molecule has 0 spiro atoms. The topological polar surface area (TPSA) is 80.6 Å². The van der Waals surface area contributed by atoms with Gasteiger partial charge in [-0.2, -0.15) is 0 Å². The maximum absolute atomic E-state index is 11.3. The molecule has 0 aliphatic carbocycles. The lowest BCUT2D eigenvalue weighted by atomic mass is 10.1. The van der Waals surface area contributed by atoms with Crippen LogP contribution in [0.4, 0.5) is 5.82 Å². The van der Waals surface area contributed by atoms with E-state index in [2.05, 4.69) is 4.98 Å². The molecule has 0 aliphatic heterocycles. The molecule has 2 aromatic heterocycles. The molecule has 5 nitrogen and oxygen atoms in total. The molecular formula is C14H11N3O2. The Morgan fingerprint density at radius 1 is 1.16 bits per heavy atom. The summed E-state index contributed by atoms with van der Waals surface area (Å²) in [5.41, 5.74) is 7.53. The van der Waals surface area contributed by atoms with E-state index in [0.29, 0.717) is 17.2 Å². The minimum atomic E-state index is -0.984. The Hall–Kier alpha value is -2.82. The number of nitrogens with two attached hydrogens (primary N) is 1. The van der Waals surface area contributed by atoms with E-state index >= 15 is 0 Å². The van der Waals surface area contributed by atoms with Gasteiger partial charge < -0.3 is 10.8 Å². The van der Waals surface area contributed by atoms with Crippen molar-refractivity contribution >= 4 is 17.3 Å². The third-order valence-corrected chi connectivity index (χ3v) is 2.98. The van der Waals surface area contributed by atoms with Gasteiger partial charge in [0.2, 0.25) is 0 Å². The van der Waals surface area contributed by atoms with Crippen LogP contribution >= 0.6 is 0 Å². The van der Waals surface area contributed by atoms with E-state index in [0.717, 1.165) is 5.52 Å². The van der Waals surface area contributed by atoms with E-state index in [9.17, 15) is 9.90 Å². The molecular weight excluding hydrogens is 242 g/mol. The monoisotopic (exact) mass is 253 g/mol. The predicted molar refractivity (Wildman–Crippen MR) is 72.0 cm³/mol. The van der Waals surface area contributed by atoms with Crippen LogP contribution in [0.1, 0.15) is 10.4 Å². The molecule has 3 N–H and O–H groups in total. The fourth-order valence-electron chi connectivity index (χ4n) is 2.13. The fraction of sp³-hybridized carbons (Fsp3) is 0. The number of hydrogen-bond acceptors (Lipinski definition) is 3. The number of carboxylic acid groups (broad SMARTS) is 1. The molecule has 5 heteroatoms. The van der Waals surface area contributed by atoms with Gasteiger partial charge in [0.15, 0.2) is 0 Å². The molecule has 0 atom stereocenters. The zero-order valence-electron chi connectivity index (χ0n) is 9.95. The molecule has 19 heavy (non-hydrogen) atoms. The van der Waals surface area contributed by atoms with E-state index in [4.69, 9.17) is 5.73 Å². The second-order valence-electron chi connectivity index (χ2n) is 4.14. The number of nitrogen functional groups attached to an aromatic ring is 1. The lowest BCUT2D eigenvalue weighted by Gasteiger charge is -2.07. The molecule has 0 saturated carbocycles. The molecule has 0 saturated heterocycles. The van der Waals surface area contributed by atoms with Gasteiger partial charge in [0.1, 0.15) is 11.6 Å². The molecule has 0 aliphatic rings. The second-order valence-corrected chi connectivity index (χ2v) is 4.14. The van der Waals surface area contributed by atoms with Crippen molar-refractivity contribution in [3.63, 3.8) is 0 Å². The zero-order valence-corrected chi connectivity index (χ0v) is 9.95. The van der Waals surface area contributed by atoms with Crippen molar-refractivity contribution in [1.82, 2.24) is 9.38 Å². The average Bonchev–Trinajstić information content (AvgIpc) is 2.84. The van der Waals surface area contributed by atoms with E-state index in [1.165, 1.54) is 0 Å². The third-order valence-electron chi connectivity index (χ3n) is 2.98. The van der Waals surface area contributed by atoms with Crippen molar-refractivity contribution in [1.29, 1.82) is 0 Å². The normalized spacial score (nSPS) is 10.7. The Morgan fingerprint density at radius 3 is 2.74 bits per heavy atom. The highest BCUT2D eigenvalue weighted by Gasteiger charge is 2.15. The maximum Gasteiger partial charge on any atom is 0.336 e. The summed E-state index contributed by atoms with van der Waals surface area (Å²) in [6.45, 7) is 0. The summed E-state index contributed by atoms with van der Waals surface area (Å²) in [6, 6.07) is 12.2. The van der Waals surface area contributed by atoms with E-state index < -0.39 is 5.97 Å². The summed E-state index contributed by atoms with van der Waals surface area (Å²) < 4.78 is 1.74. The summed E-state index contributed by atoms with van der Waals surface area (Å²) >= 11 is 0. The summed E-state index contributed by atoms with van der Waals surface area (Å²) in [5.74, 6) is 0.0677. The minimum absolute atomic E-state index is 0.207. The van der Waals surface area contributed by atoms with E-state index in [1.54, 1.807) is 40.9 Å². The van der Waals surface area contributed by atoms with Gasteiger partial charge in [0.05, 0.1) is 17.3 Å². The molecule has 1 aromatic carbocycles. The van der Waals surface area contributed by atoms with E-state index in [1.807, 2.05) is 12.1 Å². The Labute approximate surface area is 108 Å². The van der Waals surface area contributed by atoms with Crippen LogP contribution in [0.5, 0.6) is 0 Å². The van der Waals surface area contributed by atoms with E-state index in [-0.39, 0.29) is 5.56 Å². The molecule has 3 aromatic rings. The Balaban J connectivity index is 2.34. The highest BCUT2D eigenvalue weighted by atomic mass is 16.4. The van der Waals surface area contributed by atoms with Gasteiger partial charge in [-0.15, -0.1) is 0 Å². The third kappa shape index (κ3) is 1.72. The summed E-state index contributed by atoms with van der Waals surface area (Å²) in [4.78, 5) is 15.6. The second kappa shape index (κ2) is 4.13. The fourth-order valence-corrected chi connectivity index (χ4v) is 2.13. The van der Waals surface area contributed by atoms with Crippen molar-refractivity contribution < 1.29 is 9.90 Å². The number of carbonyl (C=O) groups is 1. The van der Waals surface area contributed by atoms with Crippen LogP contribution in [-0.4, -0.2) is 20.5 Å². The number of nitrogens with zero attached hydrogens (tertiary/aromatic N) is 2. The lowest BCUT2D eigenvalue weighted by molar-refractivity contribution is 0.0697. The van der Waals surface area contributed by atoms with Gasteiger partial charge in [0.25, 0.3) is 0 Å². The summed E-state index contributed by atoms with van der Waals surface area (Å²) in [6.07, 6.45) is 1.67. The van der Waals surface area contributed by atoms with Gasteiger partial charge in [-0.05, 0) is 18.2 Å². The number of rotatable bonds is 2. The van der Waals surface area contributed by atoms with Crippen molar-refractivity contribution in [2.24, 2.45) is 0 Å². The number of hydrogen-bond donors (Lipinski definition) is 2. The number of carboxylic acids is 1. The first-order valence-electron chi connectivity index (χ1n) is 5.73. The number of aromatic nitrogens is 2. The number of aromatic carboxylic acids is 1. The smallest absolute Gasteiger partial charge is 0.336 e. The van der Waals surface area contributed by atoms with Crippen molar-refractivity contribution in [3.05, 3.63) is 54.2 Å². The van der Waals surface area contributed by atoms with Crippen molar-refractivity contribution in [2.45, 2.75) is 0 Å². The van der Waals surface area contributed by atoms with Crippen LogP contribution in [-0.2, 0) is 0 Å². The van der Waals surface area contributed by atoms with Crippen LogP contribution in [0.25, 0.3) is 16.9 Å². The van der Waals surface area contributed by atoms with Gasteiger partial charge in [-0.3, -0.25) is 4.40 Å². The molecule has 0 fully saturated rings. The van der Waals surface area contributed by atoms with Gasteiger partial charge in [-0.1, -0.05) is 24.3 Å². The molecule has 0 unspecified atom stereocenters.